The molecule has 0 aliphatic heterocycles. The molecule has 32 heavy (non-hydrogen) atoms. The zero-order valence-electron chi connectivity index (χ0n) is 17.4. The van der Waals surface area contributed by atoms with Crippen molar-refractivity contribution in [2.45, 2.75) is 12.8 Å². The first-order chi connectivity index (χ1) is 15.5. The monoisotopic (exact) mass is 449 g/mol. The molecule has 3 amide bonds. The molecule has 3 aromatic carbocycles. The van der Waals surface area contributed by atoms with Gasteiger partial charge >= 0.3 is 0 Å². The molecule has 7 heteroatoms. The summed E-state index contributed by atoms with van der Waals surface area (Å²) in [5.41, 5.74) is 2.29. The molecule has 0 heterocycles. The van der Waals surface area contributed by atoms with Gasteiger partial charge in [0, 0.05) is 19.5 Å². The van der Waals surface area contributed by atoms with E-state index in [2.05, 4.69) is 16.0 Å². The fourth-order valence-electron chi connectivity index (χ4n) is 3.09. The van der Waals surface area contributed by atoms with Gasteiger partial charge in [0.15, 0.2) is 0 Å². The minimum absolute atomic E-state index is 0.0557. The van der Waals surface area contributed by atoms with Gasteiger partial charge in [-0.05, 0) is 36.2 Å². The lowest BCUT2D eigenvalue weighted by Gasteiger charge is -2.12. The Kier molecular flexibility index (Phi) is 8.40. The SMILES string of the molecule is O=C(CCNC(=O)c1ccccc1Cl)Nc1ccccc1C(=O)NCCc1ccccc1. The van der Waals surface area contributed by atoms with E-state index in [1.165, 1.54) is 0 Å². The van der Waals surface area contributed by atoms with Gasteiger partial charge in [-0.25, -0.2) is 0 Å². The highest BCUT2D eigenvalue weighted by Crippen LogP contribution is 2.16. The zero-order chi connectivity index (χ0) is 22.8. The Morgan fingerprint density at radius 2 is 1.28 bits per heavy atom. The van der Waals surface area contributed by atoms with E-state index in [1.54, 1.807) is 48.5 Å². The van der Waals surface area contributed by atoms with Gasteiger partial charge in [0.1, 0.15) is 0 Å². The van der Waals surface area contributed by atoms with E-state index >= 15 is 0 Å². The van der Waals surface area contributed by atoms with E-state index in [0.29, 0.717) is 34.8 Å². The van der Waals surface area contributed by atoms with Crippen LogP contribution in [0, 0.1) is 0 Å². The number of carbonyl (C=O) groups excluding carboxylic acids is 3. The van der Waals surface area contributed by atoms with E-state index in [1.807, 2.05) is 30.3 Å². The van der Waals surface area contributed by atoms with Crippen LogP contribution in [0.3, 0.4) is 0 Å². The molecule has 0 saturated carbocycles. The quantitative estimate of drug-likeness (QED) is 0.460. The Morgan fingerprint density at radius 3 is 2.03 bits per heavy atom. The lowest BCUT2D eigenvalue weighted by Crippen LogP contribution is -2.29. The van der Waals surface area contributed by atoms with Crippen LogP contribution in [0.15, 0.2) is 78.9 Å². The van der Waals surface area contributed by atoms with E-state index in [0.717, 1.165) is 5.56 Å². The van der Waals surface area contributed by atoms with Crippen molar-refractivity contribution in [3.8, 4) is 0 Å². The first-order valence-corrected chi connectivity index (χ1v) is 10.7. The number of carbonyl (C=O) groups is 3. The molecule has 0 radical (unpaired) electrons. The molecule has 0 saturated heterocycles. The predicted octanol–water partition coefficient (Wildman–Crippen LogP) is 4.07. The predicted molar refractivity (Wildman–Crippen MR) is 126 cm³/mol. The fourth-order valence-corrected chi connectivity index (χ4v) is 3.31. The molecular formula is C25H24ClN3O3. The molecule has 6 nitrogen and oxygen atoms in total. The normalized spacial score (nSPS) is 10.3. The maximum atomic E-state index is 12.6. The van der Waals surface area contributed by atoms with Gasteiger partial charge in [-0.3, -0.25) is 14.4 Å². The summed E-state index contributed by atoms with van der Waals surface area (Å²) >= 11 is 6.01. The third-order valence-electron chi connectivity index (χ3n) is 4.74. The Balaban J connectivity index is 1.49. The number of anilines is 1. The molecule has 164 valence electrons. The number of hydrogen-bond donors (Lipinski definition) is 3. The van der Waals surface area contributed by atoms with E-state index < -0.39 is 0 Å². The lowest BCUT2D eigenvalue weighted by atomic mass is 10.1. The van der Waals surface area contributed by atoms with Crippen LogP contribution in [0.1, 0.15) is 32.7 Å². The number of nitrogens with one attached hydrogen (secondary N) is 3. The largest absolute Gasteiger partial charge is 0.352 e. The number of halogens is 1. The molecule has 3 N–H and O–H groups in total. The summed E-state index contributed by atoms with van der Waals surface area (Å²) in [6.45, 7) is 0.626. The van der Waals surface area contributed by atoms with Gasteiger partial charge in [-0.15, -0.1) is 0 Å². The van der Waals surface area contributed by atoms with Crippen LogP contribution >= 0.6 is 11.6 Å². The Bertz CT molecular complexity index is 1090. The zero-order valence-corrected chi connectivity index (χ0v) is 18.2. The molecule has 3 rings (SSSR count). The highest BCUT2D eigenvalue weighted by atomic mass is 35.5. The van der Waals surface area contributed by atoms with Gasteiger partial charge in [0.25, 0.3) is 11.8 Å². The van der Waals surface area contributed by atoms with E-state index in [4.69, 9.17) is 11.6 Å². The second-order valence-electron chi connectivity index (χ2n) is 7.07. The molecule has 0 aliphatic carbocycles. The van der Waals surface area contributed by atoms with Crippen molar-refractivity contribution in [1.29, 1.82) is 0 Å². The fraction of sp³-hybridized carbons (Fsp3) is 0.160. The molecule has 0 aromatic heterocycles. The maximum absolute atomic E-state index is 12.6. The van der Waals surface area contributed by atoms with Crippen LogP contribution in [-0.2, 0) is 11.2 Å². The average molecular weight is 450 g/mol. The molecule has 0 bridgehead atoms. The van der Waals surface area contributed by atoms with Crippen molar-refractivity contribution in [3.63, 3.8) is 0 Å². The number of hydrogen-bond acceptors (Lipinski definition) is 3. The summed E-state index contributed by atoms with van der Waals surface area (Å²) in [5, 5.41) is 8.65. The second kappa shape index (κ2) is 11.7. The highest BCUT2D eigenvalue weighted by Gasteiger charge is 2.14. The number of amides is 3. The van der Waals surface area contributed by atoms with Gasteiger partial charge < -0.3 is 16.0 Å². The summed E-state index contributed by atoms with van der Waals surface area (Å²) in [4.78, 5) is 37.1. The molecule has 0 spiro atoms. The van der Waals surface area contributed by atoms with Gasteiger partial charge in [0.2, 0.25) is 5.91 Å². The first-order valence-electron chi connectivity index (χ1n) is 10.3. The topological polar surface area (TPSA) is 87.3 Å². The Morgan fingerprint density at radius 1 is 0.688 bits per heavy atom. The Hall–Kier alpha value is -3.64. The second-order valence-corrected chi connectivity index (χ2v) is 7.48. The van der Waals surface area contributed by atoms with Crippen LogP contribution in [-0.4, -0.2) is 30.8 Å². The molecule has 3 aromatic rings. The van der Waals surface area contributed by atoms with Crippen LogP contribution < -0.4 is 16.0 Å². The van der Waals surface area contributed by atoms with Crippen molar-refractivity contribution in [1.82, 2.24) is 10.6 Å². The molecule has 0 fully saturated rings. The third-order valence-corrected chi connectivity index (χ3v) is 5.07. The smallest absolute Gasteiger partial charge is 0.253 e. The summed E-state index contributed by atoms with van der Waals surface area (Å²) in [5.74, 6) is -0.917. The van der Waals surface area contributed by atoms with Crippen molar-refractivity contribution in [2.24, 2.45) is 0 Å². The summed E-state index contributed by atoms with van der Waals surface area (Å²) in [6, 6.07) is 23.4. The van der Waals surface area contributed by atoms with Crippen LogP contribution in [0.5, 0.6) is 0 Å². The van der Waals surface area contributed by atoms with Crippen molar-refractivity contribution in [2.75, 3.05) is 18.4 Å². The van der Waals surface area contributed by atoms with Crippen LogP contribution in [0.25, 0.3) is 0 Å². The van der Waals surface area contributed by atoms with Gasteiger partial charge in [-0.2, -0.15) is 0 Å². The van der Waals surface area contributed by atoms with E-state index in [9.17, 15) is 14.4 Å². The maximum Gasteiger partial charge on any atom is 0.253 e. The van der Waals surface area contributed by atoms with Crippen LogP contribution in [0.2, 0.25) is 5.02 Å². The van der Waals surface area contributed by atoms with Gasteiger partial charge in [0.05, 0.1) is 21.8 Å². The van der Waals surface area contributed by atoms with Crippen molar-refractivity contribution < 1.29 is 14.4 Å². The molecule has 0 aliphatic rings. The number of rotatable bonds is 9. The lowest BCUT2D eigenvalue weighted by molar-refractivity contribution is -0.116. The average Bonchev–Trinajstić information content (AvgIpc) is 2.80. The number of benzene rings is 3. The standard InChI is InChI=1S/C25H24ClN3O3/c26-21-12-6-4-10-19(21)24(31)28-17-15-23(30)29-22-13-7-5-11-20(22)25(32)27-16-14-18-8-2-1-3-9-18/h1-13H,14-17H2,(H,27,32)(H,28,31)(H,29,30). The molecule has 0 unspecified atom stereocenters. The van der Waals surface area contributed by atoms with E-state index in [-0.39, 0.29) is 30.7 Å². The summed E-state index contributed by atoms with van der Waals surface area (Å²) in [6.07, 6.45) is 0.770. The summed E-state index contributed by atoms with van der Waals surface area (Å²) in [7, 11) is 0. The highest BCUT2D eigenvalue weighted by molar-refractivity contribution is 6.33. The van der Waals surface area contributed by atoms with Crippen molar-refractivity contribution >= 4 is 35.0 Å². The minimum Gasteiger partial charge on any atom is -0.352 e. The minimum atomic E-state index is -0.346. The Labute approximate surface area is 192 Å². The molecule has 0 atom stereocenters. The van der Waals surface area contributed by atoms with Gasteiger partial charge in [-0.1, -0.05) is 66.2 Å². The van der Waals surface area contributed by atoms with Crippen molar-refractivity contribution in [3.05, 3.63) is 101 Å². The third kappa shape index (κ3) is 6.68. The summed E-state index contributed by atoms with van der Waals surface area (Å²) < 4.78 is 0. The van der Waals surface area contributed by atoms with Crippen LogP contribution in [0.4, 0.5) is 5.69 Å². The first kappa shape index (κ1) is 23.0. The number of para-hydroxylation sites is 1. The molecular weight excluding hydrogens is 426 g/mol.